The number of nitrogens with zero attached hydrogens (tertiary/aromatic N) is 1. The lowest BCUT2D eigenvalue weighted by molar-refractivity contribution is -0.135. The van der Waals surface area contributed by atoms with Gasteiger partial charge >= 0.3 is 0 Å². The minimum absolute atomic E-state index is 0.0305. The molecule has 0 radical (unpaired) electrons. The van der Waals surface area contributed by atoms with Crippen molar-refractivity contribution in [3.05, 3.63) is 96.1 Å². The predicted octanol–water partition coefficient (Wildman–Crippen LogP) is 5.33. The molecule has 1 heterocycles. The highest BCUT2D eigenvalue weighted by atomic mass is 32.2. The summed E-state index contributed by atoms with van der Waals surface area (Å²) in [6, 6.07) is 28.6. The summed E-state index contributed by atoms with van der Waals surface area (Å²) in [5.74, 6) is 0.243. The number of hydrogen-bond acceptors (Lipinski definition) is 3. The van der Waals surface area contributed by atoms with Gasteiger partial charge in [0.15, 0.2) is 0 Å². The molecule has 0 unspecified atom stereocenters. The fourth-order valence-electron chi connectivity index (χ4n) is 4.14. The first-order valence-corrected chi connectivity index (χ1v) is 12.4. The minimum Gasteiger partial charge on any atom is -0.352 e. The number of rotatable bonds is 8. The van der Waals surface area contributed by atoms with E-state index in [0.717, 1.165) is 29.7 Å². The molecule has 4 nitrogen and oxygen atoms in total. The lowest BCUT2D eigenvalue weighted by Gasteiger charge is -2.31. The van der Waals surface area contributed by atoms with Crippen molar-refractivity contribution in [2.75, 3.05) is 13.1 Å². The number of carbonyl (C=O) groups is 2. The second kappa shape index (κ2) is 11.7. The third kappa shape index (κ3) is 6.72. The lowest BCUT2D eigenvalue weighted by atomic mass is 9.95. The van der Waals surface area contributed by atoms with Crippen molar-refractivity contribution in [1.29, 1.82) is 0 Å². The van der Waals surface area contributed by atoms with Gasteiger partial charge in [-0.1, -0.05) is 78.5 Å². The Morgan fingerprint density at radius 3 is 2.21 bits per heavy atom. The highest BCUT2D eigenvalue weighted by Gasteiger charge is 2.27. The Kier molecular flexibility index (Phi) is 8.20. The summed E-state index contributed by atoms with van der Waals surface area (Å²) in [5, 5.41) is 3.13. The Hall–Kier alpha value is -3.05. The summed E-state index contributed by atoms with van der Waals surface area (Å²) in [5.41, 5.74) is 2.30. The van der Waals surface area contributed by atoms with Crippen LogP contribution < -0.4 is 5.32 Å². The summed E-state index contributed by atoms with van der Waals surface area (Å²) in [6.07, 6.45) is 2.74. The van der Waals surface area contributed by atoms with Gasteiger partial charge in [0.1, 0.15) is 0 Å². The zero-order valence-electron chi connectivity index (χ0n) is 18.8. The summed E-state index contributed by atoms with van der Waals surface area (Å²) in [6.45, 7) is 1.84. The van der Waals surface area contributed by atoms with Gasteiger partial charge < -0.3 is 10.2 Å². The van der Waals surface area contributed by atoms with Crippen LogP contribution in [0.25, 0.3) is 0 Å². The fourth-order valence-corrected chi connectivity index (χ4v) is 5.10. The molecular weight excluding hydrogens is 428 g/mol. The molecule has 1 fully saturated rings. The Morgan fingerprint density at radius 2 is 1.48 bits per heavy atom. The van der Waals surface area contributed by atoms with Gasteiger partial charge in [0, 0.05) is 41.8 Å². The largest absolute Gasteiger partial charge is 0.352 e. The molecule has 33 heavy (non-hydrogen) atoms. The summed E-state index contributed by atoms with van der Waals surface area (Å²) in [4.78, 5) is 29.6. The predicted molar refractivity (Wildman–Crippen MR) is 133 cm³/mol. The molecule has 0 bridgehead atoms. The monoisotopic (exact) mass is 458 g/mol. The molecule has 1 aliphatic heterocycles. The van der Waals surface area contributed by atoms with Crippen molar-refractivity contribution < 1.29 is 9.59 Å². The highest BCUT2D eigenvalue weighted by Crippen LogP contribution is 2.30. The maximum atomic E-state index is 12.8. The number of benzene rings is 3. The van der Waals surface area contributed by atoms with E-state index in [1.165, 1.54) is 10.5 Å². The Morgan fingerprint density at radius 1 is 0.848 bits per heavy atom. The van der Waals surface area contributed by atoms with Crippen molar-refractivity contribution in [1.82, 2.24) is 10.2 Å². The Bertz CT molecular complexity index is 1050. The molecule has 1 saturated heterocycles. The third-order valence-corrected chi connectivity index (χ3v) is 7.21. The van der Waals surface area contributed by atoms with Crippen LogP contribution in [0.15, 0.2) is 94.7 Å². The van der Waals surface area contributed by atoms with Crippen molar-refractivity contribution in [3.63, 3.8) is 0 Å². The van der Waals surface area contributed by atoms with Gasteiger partial charge in [-0.15, -0.1) is 0 Å². The van der Waals surface area contributed by atoms with Gasteiger partial charge in [-0.2, -0.15) is 0 Å². The van der Waals surface area contributed by atoms with Gasteiger partial charge in [-0.3, -0.25) is 9.59 Å². The molecule has 0 spiro atoms. The normalized spacial score (nSPS) is 14.1. The van der Waals surface area contributed by atoms with Crippen LogP contribution in [-0.2, 0) is 22.6 Å². The molecule has 3 aromatic carbocycles. The molecule has 170 valence electrons. The summed E-state index contributed by atoms with van der Waals surface area (Å²) in [7, 11) is 0. The van der Waals surface area contributed by atoms with E-state index >= 15 is 0 Å². The highest BCUT2D eigenvalue weighted by molar-refractivity contribution is 7.99. The van der Waals surface area contributed by atoms with E-state index in [4.69, 9.17) is 0 Å². The molecule has 0 atom stereocenters. The van der Waals surface area contributed by atoms with Gasteiger partial charge in [-0.05, 0) is 48.6 Å². The standard InChI is InChI=1S/C28H30N2O2S/c31-27(16-15-22-9-3-1-4-10-22)30-19-17-23(18-20-30)28(32)29-21-24-11-7-8-14-26(24)33-25-12-5-2-6-13-25/h1-14,23H,15-21H2,(H,29,32). The molecule has 3 aromatic rings. The molecule has 1 N–H and O–H groups in total. The molecule has 0 aromatic heterocycles. The van der Waals surface area contributed by atoms with Gasteiger partial charge in [0.05, 0.1) is 0 Å². The number of amides is 2. The van der Waals surface area contributed by atoms with E-state index in [2.05, 4.69) is 41.7 Å². The lowest BCUT2D eigenvalue weighted by Crippen LogP contribution is -2.43. The number of nitrogens with one attached hydrogen (secondary N) is 1. The first kappa shape index (κ1) is 23.1. The van der Waals surface area contributed by atoms with Gasteiger partial charge in [-0.25, -0.2) is 0 Å². The van der Waals surface area contributed by atoms with E-state index in [9.17, 15) is 9.59 Å². The van der Waals surface area contributed by atoms with Crippen LogP contribution in [0, 0.1) is 5.92 Å². The van der Waals surface area contributed by atoms with Crippen molar-refractivity contribution in [2.45, 2.75) is 42.0 Å². The van der Waals surface area contributed by atoms with Crippen molar-refractivity contribution >= 4 is 23.6 Å². The Labute approximate surface area is 200 Å². The maximum Gasteiger partial charge on any atom is 0.223 e. The quantitative estimate of drug-likeness (QED) is 0.497. The van der Waals surface area contributed by atoms with Crippen LogP contribution in [0.1, 0.15) is 30.4 Å². The number of hydrogen-bond donors (Lipinski definition) is 1. The van der Waals surface area contributed by atoms with Crippen LogP contribution in [0.2, 0.25) is 0 Å². The average Bonchev–Trinajstić information content (AvgIpc) is 2.88. The van der Waals surface area contributed by atoms with Crippen LogP contribution in [0.5, 0.6) is 0 Å². The molecule has 5 heteroatoms. The molecule has 0 saturated carbocycles. The molecule has 1 aliphatic rings. The van der Waals surface area contributed by atoms with Crippen LogP contribution in [-0.4, -0.2) is 29.8 Å². The maximum absolute atomic E-state index is 12.8. The van der Waals surface area contributed by atoms with Crippen molar-refractivity contribution in [3.8, 4) is 0 Å². The Balaban J connectivity index is 1.23. The topological polar surface area (TPSA) is 49.4 Å². The van der Waals surface area contributed by atoms with Gasteiger partial charge in [0.2, 0.25) is 11.8 Å². The van der Waals surface area contributed by atoms with E-state index in [-0.39, 0.29) is 17.7 Å². The second-order valence-corrected chi connectivity index (χ2v) is 9.50. The SMILES string of the molecule is O=C(NCc1ccccc1Sc1ccccc1)C1CCN(C(=O)CCc2ccccc2)CC1. The number of carbonyl (C=O) groups excluding carboxylic acids is 2. The third-order valence-electron chi connectivity index (χ3n) is 6.09. The average molecular weight is 459 g/mol. The number of likely N-dealkylation sites (tertiary alicyclic amines) is 1. The molecule has 2 amide bonds. The first-order chi connectivity index (χ1) is 16.2. The van der Waals surface area contributed by atoms with Crippen LogP contribution >= 0.6 is 11.8 Å². The molecule has 0 aliphatic carbocycles. The van der Waals surface area contributed by atoms with Gasteiger partial charge in [0.25, 0.3) is 0 Å². The summed E-state index contributed by atoms with van der Waals surface area (Å²) < 4.78 is 0. The van der Waals surface area contributed by atoms with Crippen LogP contribution in [0.3, 0.4) is 0 Å². The zero-order valence-corrected chi connectivity index (χ0v) is 19.6. The number of aryl methyl sites for hydroxylation is 1. The minimum atomic E-state index is -0.0305. The van der Waals surface area contributed by atoms with E-state index in [1.54, 1.807) is 11.8 Å². The second-order valence-electron chi connectivity index (χ2n) is 8.38. The van der Waals surface area contributed by atoms with E-state index in [1.807, 2.05) is 53.4 Å². The van der Waals surface area contributed by atoms with Crippen LogP contribution in [0.4, 0.5) is 0 Å². The molecule has 4 rings (SSSR count). The number of piperidine rings is 1. The zero-order chi connectivity index (χ0) is 22.9. The van der Waals surface area contributed by atoms with E-state index in [0.29, 0.717) is 26.1 Å². The van der Waals surface area contributed by atoms with E-state index < -0.39 is 0 Å². The van der Waals surface area contributed by atoms with Crippen molar-refractivity contribution in [2.24, 2.45) is 5.92 Å². The molecular formula is C28H30N2O2S. The summed E-state index contributed by atoms with van der Waals surface area (Å²) >= 11 is 1.71. The first-order valence-electron chi connectivity index (χ1n) is 11.6. The fraction of sp³-hybridized carbons (Fsp3) is 0.286. The smallest absolute Gasteiger partial charge is 0.223 e.